The first kappa shape index (κ1) is 24.8. The quantitative estimate of drug-likeness (QED) is 0.715. The van der Waals surface area contributed by atoms with Gasteiger partial charge < -0.3 is 19.7 Å². The lowest BCUT2D eigenvalue weighted by atomic mass is 10.0. The molecular weight excluding hydrogens is 401 g/mol. The van der Waals surface area contributed by atoms with Gasteiger partial charge in [0.1, 0.15) is 11.5 Å². The highest BCUT2D eigenvalue weighted by Gasteiger charge is 2.23. The number of carbonyl (C=O) groups is 1. The summed E-state index contributed by atoms with van der Waals surface area (Å²) in [5.74, 6) is 2.63. The smallest absolute Gasteiger partial charge is 0.222 e. The molecule has 3 rings (SSSR count). The first-order valence-electron chi connectivity index (χ1n) is 9.60. The zero-order valence-corrected chi connectivity index (χ0v) is 18.4. The highest BCUT2D eigenvalue weighted by atomic mass is 35.5. The number of ether oxygens (including phenoxy) is 2. The lowest BCUT2D eigenvalue weighted by Crippen LogP contribution is -2.48. The Labute approximate surface area is 180 Å². The van der Waals surface area contributed by atoms with Crippen molar-refractivity contribution < 1.29 is 14.3 Å². The summed E-state index contributed by atoms with van der Waals surface area (Å²) in [6.45, 7) is 6.50. The van der Waals surface area contributed by atoms with Crippen molar-refractivity contribution in [2.45, 2.75) is 25.8 Å². The van der Waals surface area contributed by atoms with Gasteiger partial charge in [0.2, 0.25) is 5.91 Å². The Kier molecular flexibility index (Phi) is 11.0. The molecule has 1 N–H and O–H groups in total. The molecule has 0 saturated carbocycles. The van der Waals surface area contributed by atoms with Crippen LogP contribution in [-0.4, -0.2) is 69.2 Å². The van der Waals surface area contributed by atoms with E-state index in [-0.39, 0.29) is 24.8 Å². The fraction of sp³-hybridized carbons (Fsp3) is 0.650. The van der Waals surface area contributed by atoms with Gasteiger partial charge in [-0.1, -0.05) is 0 Å². The lowest BCUT2D eigenvalue weighted by molar-refractivity contribution is -0.133. The number of hydrogen-bond donors (Lipinski definition) is 1. The largest absolute Gasteiger partial charge is 0.497 e. The molecule has 2 heterocycles. The Morgan fingerprint density at radius 3 is 2.25 bits per heavy atom. The monoisotopic (exact) mass is 433 g/mol. The Bertz CT molecular complexity index is 582. The van der Waals surface area contributed by atoms with Crippen LogP contribution in [-0.2, 0) is 11.3 Å². The molecule has 1 amide bonds. The van der Waals surface area contributed by atoms with Crippen LogP contribution in [0, 0.1) is 5.92 Å². The molecule has 8 heteroatoms. The van der Waals surface area contributed by atoms with Gasteiger partial charge in [-0.3, -0.25) is 9.69 Å². The summed E-state index contributed by atoms with van der Waals surface area (Å²) in [6.07, 6.45) is 2.93. The minimum absolute atomic E-state index is 0. The molecule has 2 saturated heterocycles. The lowest BCUT2D eigenvalue weighted by Gasteiger charge is -2.35. The number of benzene rings is 1. The van der Waals surface area contributed by atoms with Crippen molar-refractivity contribution in [1.82, 2.24) is 15.1 Å². The Balaban J connectivity index is 0.00000196. The number of hydrogen-bond acceptors (Lipinski definition) is 5. The van der Waals surface area contributed by atoms with Gasteiger partial charge in [-0.2, -0.15) is 0 Å². The average Bonchev–Trinajstić information content (AvgIpc) is 3.20. The summed E-state index contributed by atoms with van der Waals surface area (Å²) in [4.78, 5) is 16.9. The van der Waals surface area contributed by atoms with Crippen molar-refractivity contribution in [3.05, 3.63) is 23.8 Å². The fourth-order valence-corrected chi connectivity index (χ4v) is 3.82. The van der Waals surface area contributed by atoms with Crippen molar-refractivity contribution >= 4 is 30.7 Å². The van der Waals surface area contributed by atoms with E-state index in [2.05, 4.69) is 22.3 Å². The Morgan fingerprint density at radius 2 is 1.71 bits per heavy atom. The van der Waals surface area contributed by atoms with E-state index in [0.717, 1.165) is 63.7 Å². The zero-order valence-electron chi connectivity index (χ0n) is 16.8. The van der Waals surface area contributed by atoms with Crippen LogP contribution in [0.1, 0.15) is 24.8 Å². The van der Waals surface area contributed by atoms with E-state index in [4.69, 9.17) is 9.47 Å². The molecule has 0 aliphatic carbocycles. The number of piperazine rings is 1. The topological polar surface area (TPSA) is 54.0 Å². The van der Waals surface area contributed by atoms with Gasteiger partial charge in [0.05, 0.1) is 14.2 Å². The highest BCUT2D eigenvalue weighted by molar-refractivity contribution is 5.85. The summed E-state index contributed by atoms with van der Waals surface area (Å²) >= 11 is 0. The molecule has 6 nitrogen and oxygen atoms in total. The zero-order chi connectivity index (χ0) is 18.4. The Hall–Kier alpha value is -1.21. The third-order valence-electron chi connectivity index (χ3n) is 5.47. The van der Waals surface area contributed by atoms with E-state index in [1.54, 1.807) is 14.2 Å². The fourth-order valence-electron chi connectivity index (χ4n) is 3.82. The molecule has 2 fully saturated rings. The number of nitrogens with zero attached hydrogens (tertiary/aromatic N) is 2. The molecule has 28 heavy (non-hydrogen) atoms. The maximum atomic E-state index is 12.4. The van der Waals surface area contributed by atoms with Crippen molar-refractivity contribution in [3.8, 4) is 11.5 Å². The summed E-state index contributed by atoms with van der Waals surface area (Å²) in [5, 5.41) is 3.37. The number of nitrogens with one attached hydrogen (secondary N) is 1. The van der Waals surface area contributed by atoms with Gasteiger partial charge >= 0.3 is 0 Å². The van der Waals surface area contributed by atoms with Gasteiger partial charge in [0, 0.05) is 45.2 Å². The van der Waals surface area contributed by atoms with E-state index in [1.807, 2.05) is 11.0 Å². The highest BCUT2D eigenvalue weighted by Crippen LogP contribution is 2.24. The van der Waals surface area contributed by atoms with E-state index in [0.29, 0.717) is 18.2 Å². The van der Waals surface area contributed by atoms with E-state index < -0.39 is 0 Å². The van der Waals surface area contributed by atoms with Gasteiger partial charge in [-0.25, -0.2) is 0 Å². The van der Waals surface area contributed by atoms with E-state index in [9.17, 15) is 4.79 Å². The van der Waals surface area contributed by atoms with Crippen LogP contribution in [0.25, 0.3) is 0 Å². The SMILES string of the molecule is COc1cc(CN2CCN(C(=O)CCC3CCNC3)CC2)cc(OC)c1.Cl.Cl. The predicted molar refractivity (Wildman–Crippen MR) is 116 cm³/mol. The Morgan fingerprint density at radius 1 is 1.07 bits per heavy atom. The van der Waals surface area contributed by atoms with Gasteiger partial charge in [-0.15, -0.1) is 24.8 Å². The first-order chi connectivity index (χ1) is 12.7. The maximum Gasteiger partial charge on any atom is 0.222 e. The second-order valence-corrected chi connectivity index (χ2v) is 7.28. The second kappa shape index (κ2) is 12.4. The first-order valence-corrected chi connectivity index (χ1v) is 9.60. The summed E-state index contributed by atoms with van der Waals surface area (Å²) in [5.41, 5.74) is 1.18. The van der Waals surface area contributed by atoms with Crippen molar-refractivity contribution in [1.29, 1.82) is 0 Å². The van der Waals surface area contributed by atoms with Crippen LogP contribution in [0.4, 0.5) is 0 Å². The standard InChI is InChI=1S/C20H31N3O3.2ClH/c1-25-18-11-17(12-19(13-18)26-2)15-22-7-9-23(10-8-22)20(24)4-3-16-5-6-21-14-16;;/h11-13,16,21H,3-10,14-15H2,1-2H3;2*1H. The van der Waals surface area contributed by atoms with Gasteiger partial charge in [0.25, 0.3) is 0 Å². The number of rotatable bonds is 7. The minimum Gasteiger partial charge on any atom is -0.497 e. The molecule has 1 aromatic carbocycles. The normalized spacial score (nSPS) is 19.5. The molecule has 2 aliphatic rings. The molecular formula is C20H33Cl2N3O3. The van der Waals surface area contributed by atoms with Gasteiger partial charge in [0.15, 0.2) is 0 Å². The molecule has 1 aromatic rings. The van der Waals surface area contributed by atoms with Crippen molar-refractivity contribution in [2.24, 2.45) is 5.92 Å². The van der Waals surface area contributed by atoms with Crippen LogP contribution in [0.15, 0.2) is 18.2 Å². The summed E-state index contributed by atoms with van der Waals surface area (Å²) < 4.78 is 10.7. The van der Waals surface area contributed by atoms with Crippen molar-refractivity contribution in [3.63, 3.8) is 0 Å². The third kappa shape index (κ3) is 6.99. The third-order valence-corrected chi connectivity index (χ3v) is 5.47. The molecule has 0 radical (unpaired) electrons. The number of halogens is 2. The molecule has 160 valence electrons. The van der Waals surface area contributed by atoms with Gasteiger partial charge in [-0.05, 0) is 49.5 Å². The number of amides is 1. The van der Waals surface area contributed by atoms with Crippen LogP contribution in [0.2, 0.25) is 0 Å². The van der Waals surface area contributed by atoms with Crippen LogP contribution in [0.5, 0.6) is 11.5 Å². The maximum absolute atomic E-state index is 12.4. The number of carbonyl (C=O) groups excluding carboxylic acids is 1. The molecule has 1 unspecified atom stereocenters. The van der Waals surface area contributed by atoms with Crippen LogP contribution in [0.3, 0.4) is 0 Å². The summed E-state index contributed by atoms with van der Waals surface area (Å²) in [7, 11) is 3.34. The number of methoxy groups -OCH3 is 2. The molecule has 0 spiro atoms. The predicted octanol–water partition coefficient (Wildman–Crippen LogP) is 2.58. The van der Waals surface area contributed by atoms with Crippen molar-refractivity contribution in [2.75, 3.05) is 53.5 Å². The second-order valence-electron chi connectivity index (χ2n) is 7.28. The van der Waals surface area contributed by atoms with E-state index in [1.165, 1.54) is 12.0 Å². The van der Waals surface area contributed by atoms with E-state index >= 15 is 0 Å². The molecule has 0 aromatic heterocycles. The average molecular weight is 434 g/mol. The summed E-state index contributed by atoms with van der Waals surface area (Å²) in [6, 6.07) is 5.99. The molecule has 0 bridgehead atoms. The molecule has 2 aliphatic heterocycles. The van der Waals surface area contributed by atoms with Crippen LogP contribution >= 0.6 is 24.8 Å². The molecule has 1 atom stereocenters. The minimum atomic E-state index is 0. The van der Waals surface area contributed by atoms with Crippen LogP contribution < -0.4 is 14.8 Å².